The van der Waals surface area contributed by atoms with Gasteiger partial charge in [0.15, 0.2) is 0 Å². The quantitative estimate of drug-likeness (QED) is 0.647. The van der Waals surface area contributed by atoms with Crippen molar-refractivity contribution in [1.29, 1.82) is 0 Å². The lowest BCUT2D eigenvalue weighted by atomic mass is 10.1. The molecule has 0 unspecified atom stereocenters. The van der Waals surface area contributed by atoms with Crippen molar-refractivity contribution in [3.8, 4) is 0 Å². The molecule has 150 valence electrons. The number of carbonyl (C=O) groups excluding carboxylic acids is 2. The number of carbonyl (C=O) groups is 2. The second-order valence-corrected chi connectivity index (χ2v) is 8.05. The van der Waals surface area contributed by atoms with Gasteiger partial charge in [0.25, 0.3) is 0 Å². The van der Waals surface area contributed by atoms with Gasteiger partial charge in [-0.15, -0.1) is 0 Å². The molecule has 0 aliphatic heterocycles. The van der Waals surface area contributed by atoms with E-state index in [9.17, 15) is 9.59 Å². The maximum atomic E-state index is 13.1. The summed E-state index contributed by atoms with van der Waals surface area (Å²) in [5.41, 5.74) is 1.29. The average molecular weight is 442 g/mol. The Kier molecular flexibility index (Phi) is 8.17. The summed E-state index contributed by atoms with van der Waals surface area (Å²) in [6.45, 7) is 5.64. The van der Waals surface area contributed by atoms with Crippen LogP contribution in [0.3, 0.4) is 0 Å². The van der Waals surface area contributed by atoms with Crippen molar-refractivity contribution < 1.29 is 9.59 Å². The summed E-state index contributed by atoms with van der Waals surface area (Å²) in [6, 6.07) is 11.6. The second-order valence-electron chi connectivity index (χ2n) is 6.83. The van der Waals surface area contributed by atoms with Crippen LogP contribution in [0, 0.1) is 0 Å². The molecule has 0 bridgehead atoms. The van der Waals surface area contributed by atoms with Crippen molar-refractivity contribution in [3.05, 3.63) is 68.7 Å². The Morgan fingerprint density at radius 2 is 1.50 bits per heavy atom. The van der Waals surface area contributed by atoms with Crippen LogP contribution < -0.4 is 5.32 Å². The number of hydrogen-bond acceptors (Lipinski definition) is 2. The molecule has 1 N–H and O–H groups in total. The molecule has 0 heterocycles. The first kappa shape index (κ1) is 22.5. The molecule has 0 aliphatic carbocycles. The minimum Gasteiger partial charge on any atom is -0.352 e. The number of rotatable bonds is 7. The van der Waals surface area contributed by atoms with Gasteiger partial charge in [-0.2, -0.15) is 0 Å². The van der Waals surface area contributed by atoms with Crippen molar-refractivity contribution in [1.82, 2.24) is 10.2 Å². The molecule has 0 spiro atoms. The molecular formula is C21H23Cl3N2O2. The van der Waals surface area contributed by atoms with Gasteiger partial charge in [0.05, 0.1) is 6.42 Å². The molecule has 1 atom stereocenters. The van der Waals surface area contributed by atoms with E-state index in [1.165, 1.54) is 4.90 Å². The van der Waals surface area contributed by atoms with Gasteiger partial charge in [-0.3, -0.25) is 9.59 Å². The lowest BCUT2D eigenvalue weighted by molar-refractivity contribution is -0.140. The molecule has 4 nitrogen and oxygen atoms in total. The minimum absolute atomic E-state index is 0.0116. The minimum atomic E-state index is -0.688. The molecule has 0 saturated heterocycles. The predicted octanol–water partition coefficient (Wildman–Crippen LogP) is 5.13. The Hall–Kier alpha value is -1.75. The van der Waals surface area contributed by atoms with Crippen LogP contribution in [0.15, 0.2) is 42.5 Å². The summed E-state index contributed by atoms with van der Waals surface area (Å²) in [6.07, 6.45) is -0.0116. The summed E-state index contributed by atoms with van der Waals surface area (Å²) in [5, 5.41) is 4.21. The van der Waals surface area contributed by atoms with Gasteiger partial charge in [-0.05, 0) is 50.1 Å². The lowest BCUT2D eigenvalue weighted by Gasteiger charge is -2.30. The molecule has 0 aliphatic rings. The molecule has 2 aromatic rings. The van der Waals surface area contributed by atoms with Gasteiger partial charge < -0.3 is 10.2 Å². The standard InChI is InChI=1S/C21H23Cl3N2O2/c1-13(2)25-21(28)14(3)26(12-15-7-4-5-8-17(15)22)20(27)11-16-18(23)9-6-10-19(16)24/h4-10,13-14H,11-12H2,1-3H3,(H,25,28)/t14-/m1/s1. The highest BCUT2D eigenvalue weighted by Gasteiger charge is 2.28. The SMILES string of the molecule is CC(C)NC(=O)[C@@H](C)N(Cc1ccccc1Cl)C(=O)Cc1c(Cl)cccc1Cl. The summed E-state index contributed by atoms with van der Waals surface area (Å²) in [5.74, 6) is -0.498. The molecule has 0 fully saturated rings. The monoisotopic (exact) mass is 440 g/mol. The average Bonchev–Trinajstić information content (AvgIpc) is 2.63. The first-order chi connectivity index (χ1) is 13.2. The third-order valence-corrected chi connectivity index (χ3v) is 5.36. The van der Waals surface area contributed by atoms with Gasteiger partial charge in [0, 0.05) is 27.7 Å². The fourth-order valence-corrected chi connectivity index (χ4v) is 3.48. The van der Waals surface area contributed by atoms with E-state index in [1.54, 1.807) is 31.2 Å². The summed E-state index contributed by atoms with van der Waals surface area (Å²) in [4.78, 5) is 27.2. The van der Waals surface area contributed by atoms with E-state index in [4.69, 9.17) is 34.8 Å². The van der Waals surface area contributed by atoms with Gasteiger partial charge in [-0.1, -0.05) is 59.1 Å². The maximum absolute atomic E-state index is 13.1. The first-order valence-corrected chi connectivity index (χ1v) is 10.1. The molecule has 0 aromatic heterocycles. The molecule has 0 saturated carbocycles. The van der Waals surface area contributed by atoms with Crippen molar-refractivity contribution in [3.63, 3.8) is 0 Å². The molecule has 0 radical (unpaired) electrons. The van der Waals surface area contributed by atoms with Crippen LogP contribution in [0.1, 0.15) is 31.9 Å². The topological polar surface area (TPSA) is 49.4 Å². The molecule has 2 amide bonds. The number of nitrogens with one attached hydrogen (secondary N) is 1. The number of nitrogens with zero attached hydrogens (tertiary/aromatic N) is 1. The van der Waals surface area contributed by atoms with E-state index < -0.39 is 6.04 Å². The Morgan fingerprint density at radius 3 is 2.07 bits per heavy atom. The summed E-state index contributed by atoms with van der Waals surface area (Å²) >= 11 is 18.7. The zero-order chi connectivity index (χ0) is 20.8. The summed E-state index contributed by atoms with van der Waals surface area (Å²) in [7, 11) is 0. The maximum Gasteiger partial charge on any atom is 0.242 e. The van der Waals surface area contributed by atoms with Crippen LogP contribution in [0.4, 0.5) is 0 Å². The second kappa shape index (κ2) is 10.1. The van der Waals surface area contributed by atoms with Crippen LogP contribution in [0.2, 0.25) is 15.1 Å². The number of hydrogen-bond donors (Lipinski definition) is 1. The zero-order valence-corrected chi connectivity index (χ0v) is 18.3. The van der Waals surface area contributed by atoms with Crippen molar-refractivity contribution in [2.45, 2.75) is 45.8 Å². The van der Waals surface area contributed by atoms with Gasteiger partial charge >= 0.3 is 0 Å². The van der Waals surface area contributed by atoms with E-state index in [0.29, 0.717) is 20.6 Å². The van der Waals surface area contributed by atoms with Crippen LogP contribution in [0.5, 0.6) is 0 Å². The fraction of sp³-hybridized carbons (Fsp3) is 0.333. The largest absolute Gasteiger partial charge is 0.352 e. The van der Waals surface area contributed by atoms with E-state index in [1.807, 2.05) is 32.0 Å². The van der Waals surface area contributed by atoms with Crippen molar-refractivity contribution >= 4 is 46.6 Å². The number of amides is 2. The Morgan fingerprint density at radius 1 is 0.929 bits per heavy atom. The van der Waals surface area contributed by atoms with E-state index in [-0.39, 0.29) is 30.8 Å². The van der Waals surface area contributed by atoms with Crippen molar-refractivity contribution in [2.24, 2.45) is 0 Å². The van der Waals surface area contributed by atoms with Crippen LogP contribution in [-0.2, 0) is 22.6 Å². The van der Waals surface area contributed by atoms with Crippen LogP contribution in [0.25, 0.3) is 0 Å². The highest BCUT2D eigenvalue weighted by Crippen LogP contribution is 2.26. The lowest BCUT2D eigenvalue weighted by Crippen LogP contribution is -2.49. The van der Waals surface area contributed by atoms with Crippen LogP contribution >= 0.6 is 34.8 Å². The number of halogens is 3. The fourth-order valence-electron chi connectivity index (χ4n) is 2.75. The Labute approximate surface area is 180 Å². The highest BCUT2D eigenvalue weighted by atomic mass is 35.5. The Balaban J connectivity index is 2.32. The third kappa shape index (κ3) is 5.87. The molecule has 2 rings (SSSR count). The normalized spacial score (nSPS) is 12.0. The van der Waals surface area contributed by atoms with Crippen molar-refractivity contribution in [2.75, 3.05) is 0 Å². The smallest absolute Gasteiger partial charge is 0.242 e. The predicted molar refractivity (Wildman–Crippen MR) is 115 cm³/mol. The Bertz CT molecular complexity index is 835. The van der Waals surface area contributed by atoms with E-state index in [2.05, 4.69) is 5.32 Å². The molecule has 2 aromatic carbocycles. The van der Waals surface area contributed by atoms with E-state index in [0.717, 1.165) is 5.56 Å². The molecule has 7 heteroatoms. The van der Waals surface area contributed by atoms with Gasteiger partial charge in [0.2, 0.25) is 11.8 Å². The number of benzene rings is 2. The molecular weight excluding hydrogens is 419 g/mol. The summed E-state index contributed by atoms with van der Waals surface area (Å²) < 4.78 is 0. The molecule has 28 heavy (non-hydrogen) atoms. The van der Waals surface area contributed by atoms with Gasteiger partial charge in [0.1, 0.15) is 6.04 Å². The van der Waals surface area contributed by atoms with Crippen LogP contribution in [-0.4, -0.2) is 28.8 Å². The third-order valence-electron chi connectivity index (χ3n) is 4.29. The first-order valence-electron chi connectivity index (χ1n) is 8.96. The van der Waals surface area contributed by atoms with Gasteiger partial charge in [-0.25, -0.2) is 0 Å². The highest BCUT2D eigenvalue weighted by molar-refractivity contribution is 6.36. The zero-order valence-electron chi connectivity index (χ0n) is 16.0. The van der Waals surface area contributed by atoms with E-state index >= 15 is 0 Å².